The Kier molecular flexibility index (Phi) is 7.41. The van der Waals surface area contributed by atoms with Crippen LogP contribution in [0.4, 0.5) is 24.5 Å². The van der Waals surface area contributed by atoms with Gasteiger partial charge in [-0.3, -0.25) is 0 Å². The van der Waals surface area contributed by atoms with E-state index in [1.54, 1.807) is 78.9 Å². The van der Waals surface area contributed by atoms with E-state index in [0.29, 0.717) is 83.6 Å². The number of pyridine rings is 1. The Balaban J connectivity index is 1.45. The van der Waals surface area contributed by atoms with Gasteiger partial charge in [-0.25, -0.2) is 37.8 Å². The van der Waals surface area contributed by atoms with Crippen molar-refractivity contribution >= 4 is 44.1 Å². The lowest BCUT2D eigenvalue weighted by molar-refractivity contribution is 0.448. The zero-order valence-corrected chi connectivity index (χ0v) is 26.3. The average molecular weight is 665 g/mol. The smallest absolute Gasteiger partial charge is 0.197 e. The van der Waals surface area contributed by atoms with Crippen LogP contribution in [0.2, 0.25) is 0 Å². The molecule has 0 fully saturated rings. The molecule has 2 heterocycles. The molecule has 0 saturated heterocycles. The fourth-order valence-corrected chi connectivity index (χ4v) is 6.28. The van der Waals surface area contributed by atoms with Gasteiger partial charge in [-0.05, 0) is 58.5 Å². The van der Waals surface area contributed by atoms with E-state index in [1.807, 2.05) is 24.3 Å². The van der Waals surface area contributed by atoms with Crippen LogP contribution >= 0.6 is 0 Å². The molecule has 0 aliphatic heterocycles. The molecule has 8 rings (SSSR count). The summed E-state index contributed by atoms with van der Waals surface area (Å²) in [5.41, 5.74) is 7.12. The van der Waals surface area contributed by atoms with Crippen molar-refractivity contribution in [1.29, 1.82) is 5.26 Å². The third-order valence-electron chi connectivity index (χ3n) is 8.73. The summed E-state index contributed by atoms with van der Waals surface area (Å²) >= 11 is 0. The first-order valence-corrected chi connectivity index (χ1v) is 15.6. The number of nitrogens with zero attached hydrogens (tertiary/aromatic N) is 6. The molecular formula is C42H19F3N6. The van der Waals surface area contributed by atoms with Gasteiger partial charge in [-0.2, -0.15) is 5.26 Å². The molecule has 8 aromatic rings. The molecule has 0 aliphatic rings. The Morgan fingerprint density at radius 2 is 1.12 bits per heavy atom. The maximum absolute atomic E-state index is 14.1. The molecule has 6 aromatic carbocycles. The van der Waals surface area contributed by atoms with Crippen LogP contribution in [0.15, 0.2) is 115 Å². The third kappa shape index (κ3) is 5.25. The number of rotatable bonds is 4. The van der Waals surface area contributed by atoms with Crippen molar-refractivity contribution in [2.45, 2.75) is 0 Å². The Morgan fingerprint density at radius 1 is 0.549 bits per heavy atom. The van der Waals surface area contributed by atoms with Crippen LogP contribution in [0.1, 0.15) is 5.56 Å². The van der Waals surface area contributed by atoms with Crippen molar-refractivity contribution in [1.82, 2.24) is 15.0 Å². The molecule has 0 amide bonds. The van der Waals surface area contributed by atoms with Crippen LogP contribution in [0.3, 0.4) is 0 Å². The molecule has 0 atom stereocenters. The van der Waals surface area contributed by atoms with E-state index in [4.69, 9.17) is 28.1 Å². The van der Waals surface area contributed by atoms with E-state index in [0.717, 1.165) is 17.5 Å². The van der Waals surface area contributed by atoms with Gasteiger partial charge in [0.2, 0.25) is 0 Å². The van der Waals surface area contributed by atoms with E-state index in [2.05, 4.69) is 15.8 Å². The first kappa shape index (κ1) is 30.9. The topological polar surface area (TPSA) is 71.2 Å². The van der Waals surface area contributed by atoms with E-state index >= 15 is 0 Å². The van der Waals surface area contributed by atoms with Crippen LogP contribution in [0, 0.1) is 41.9 Å². The second-order valence-electron chi connectivity index (χ2n) is 11.7. The molecule has 0 bridgehead atoms. The monoisotopic (exact) mass is 664 g/mol. The highest BCUT2D eigenvalue weighted by Gasteiger charge is 2.22. The zero-order chi connectivity index (χ0) is 35.2. The number of aromatic nitrogens is 3. The molecule has 9 heteroatoms. The molecule has 51 heavy (non-hydrogen) atoms. The summed E-state index contributed by atoms with van der Waals surface area (Å²) in [5, 5.41) is 11.4. The maximum Gasteiger partial charge on any atom is 0.197 e. The summed E-state index contributed by atoms with van der Waals surface area (Å²) in [5.74, 6) is -4.10. The van der Waals surface area contributed by atoms with Crippen molar-refractivity contribution in [2.75, 3.05) is 0 Å². The van der Waals surface area contributed by atoms with Gasteiger partial charge < -0.3 is 0 Å². The van der Waals surface area contributed by atoms with Gasteiger partial charge in [0, 0.05) is 21.9 Å². The highest BCUT2D eigenvalue weighted by atomic mass is 19.2. The SMILES string of the molecule is [C-]#[N+]c1ccc(-c2nc3cc([N+]#[C-])c4c5ccccc5nc(-c5ccc(-c6cc(F)c(F)c(F)c6)cc5)c4c3nc2-c2ccc(C#N)cc2)cc1. The normalized spacial score (nSPS) is 11.0. The summed E-state index contributed by atoms with van der Waals surface area (Å²) in [6.45, 7) is 15.6. The lowest BCUT2D eigenvalue weighted by Gasteiger charge is -2.16. The second kappa shape index (κ2) is 12.2. The summed E-state index contributed by atoms with van der Waals surface area (Å²) < 4.78 is 41.9. The molecule has 0 unspecified atom stereocenters. The van der Waals surface area contributed by atoms with Crippen molar-refractivity contribution < 1.29 is 13.2 Å². The summed E-state index contributed by atoms with van der Waals surface area (Å²) in [6, 6.07) is 34.1. The van der Waals surface area contributed by atoms with Crippen LogP contribution < -0.4 is 0 Å². The fraction of sp³-hybridized carbons (Fsp3) is 0. The summed E-state index contributed by atoms with van der Waals surface area (Å²) in [6.07, 6.45) is 0. The average Bonchev–Trinajstić information content (AvgIpc) is 3.18. The number of halogens is 3. The Bertz CT molecular complexity index is 2820. The van der Waals surface area contributed by atoms with Crippen molar-refractivity contribution in [3.05, 3.63) is 161 Å². The third-order valence-corrected chi connectivity index (χ3v) is 8.73. The minimum Gasteiger partial charge on any atom is -0.247 e. The maximum atomic E-state index is 14.1. The van der Waals surface area contributed by atoms with E-state index in [1.165, 1.54) is 0 Å². The lowest BCUT2D eigenvalue weighted by atomic mass is 9.95. The number of para-hydroxylation sites is 1. The van der Waals surface area contributed by atoms with Gasteiger partial charge in [0.05, 0.1) is 58.4 Å². The number of hydrogen-bond acceptors (Lipinski definition) is 4. The zero-order valence-electron chi connectivity index (χ0n) is 26.3. The fourth-order valence-electron chi connectivity index (χ4n) is 6.28. The quantitative estimate of drug-likeness (QED) is 0.107. The van der Waals surface area contributed by atoms with Crippen molar-refractivity contribution in [3.8, 4) is 51.0 Å². The van der Waals surface area contributed by atoms with Crippen LogP contribution in [-0.2, 0) is 0 Å². The number of nitriles is 1. The van der Waals surface area contributed by atoms with Crippen molar-refractivity contribution in [2.24, 2.45) is 0 Å². The van der Waals surface area contributed by atoms with E-state index in [9.17, 15) is 18.4 Å². The minimum absolute atomic E-state index is 0.171. The number of benzene rings is 6. The molecule has 2 aromatic heterocycles. The Hall–Kier alpha value is -7.41. The largest absolute Gasteiger partial charge is 0.247 e. The van der Waals surface area contributed by atoms with Gasteiger partial charge in [-0.1, -0.05) is 78.9 Å². The first-order valence-electron chi connectivity index (χ1n) is 15.6. The highest BCUT2D eigenvalue weighted by Crippen LogP contribution is 2.44. The van der Waals surface area contributed by atoms with Crippen LogP contribution in [0.25, 0.3) is 87.3 Å². The molecule has 0 spiro atoms. The van der Waals surface area contributed by atoms with Crippen LogP contribution in [0.5, 0.6) is 0 Å². The van der Waals surface area contributed by atoms with Crippen LogP contribution in [-0.4, -0.2) is 15.0 Å². The first-order chi connectivity index (χ1) is 24.9. The van der Waals surface area contributed by atoms with Gasteiger partial charge in [0.25, 0.3) is 0 Å². The molecule has 238 valence electrons. The van der Waals surface area contributed by atoms with Crippen molar-refractivity contribution in [3.63, 3.8) is 0 Å². The molecule has 0 aliphatic carbocycles. The second-order valence-corrected chi connectivity index (χ2v) is 11.7. The Morgan fingerprint density at radius 3 is 1.76 bits per heavy atom. The van der Waals surface area contributed by atoms with E-state index < -0.39 is 17.5 Å². The number of fused-ring (bicyclic) bond motifs is 5. The summed E-state index contributed by atoms with van der Waals surface area (Å²) in [7, 11) is 0. The molecule has 0 N–H and O–H groups in total. The van der Waals surface area contributed by atoms with Gasteiger partial charge >= 0.3 is 0 Å². The molecule has 6 nitrogen and oxygen atoms in total. The van der Waals surface area contributed by atoms with E-state index in [-0.39, 0.29) is 5.56 Å². The van der Waals surface area contributed by atoms with Gasteiger partial charge in [0.1, 0.15) is 0 Å². The predicted octanol–water partition coefficient (Wildman–Crippen LogP) is 11.4. The predicted molar refractivity (Wildman–Crippen MR) is 191 cm³/mol. The van der Waals surface area contributed by atoms with Gasteiger partial charge in [0.15, 0.2) is 28.8 Å². The minimum atomic E-state index is -1.53. The van der Waals surface area contributed by atoms with Gasteiger partial charge in [-0.15, -0.1) is 0 Å². The Labute approximate surface area is 289 Å². The lowest BCUT2D eigenvalue weighted by Crippen LogP contribution is -1.99. The standard InChI is InChI=1S/C42H19F3N6/c1-47-29-17-15-27(16-18-29)40-41(26-9-7-23(22-46)8-10-26)51-42-35(50-40)21-34(48-2)36-30-5-3-4-6-33(30)49-39(37(36)42)25-13-11-24(12-14-25)28-19-31(43)38(45)32(44)20-28/h3-21H. The number of hydrogen-bond donors (Lipinski definition) is 0. The molecule has 0 radical (unpaired) electrons. The highest BCUT2D eigenvalue weighted by molar-refractivity contribution is 6.24. The summed E-state index contributed by atoms with van der Waals surface area (Å²) in [4.78, 5) is 22.8. The molecular weight excluding hydrogens is 645 g/mol. The molecule has 0 saturated carbocycles.